The number of anilines is 1. The second-order valence-electron chi connectivity index (χ2n) is 5.13. The number of para-hydroxylation sites is 1. The van der Waals surface area contributed by atoms with E-state index in [0.29, 0.717) is 5.92 Å². The minimum atomic E-state index is 0.642. The van der Waals surface area contributed by atoms with Gasteiger partial charge in [-0.1, -0.05) is 45.4 Å². The number of hydrogen-bond donors (Lipinski definition) is 1. The molecule has 1 aromatic carbocycles. The summed E-state index contributed by atoms with van der Waals surface area (Å²) in [6.45, 7) is 6.62. The molecule has 1 heterocycles. The molecule has 0 bridgehead atoms. The Morgan fingerprint density at radius 3 is 2.47 bits per heavy atom. The van der Waals surface area contributed by atoms with Crippen LogP contribution in [0.1, 0.15) is 38.4 Å². The fourth-order valence-corrected chi connectivity index (χ4v) is 2.30. The fourth-order valence-electron chi connectivity index (χ4n) is 2.30. The molecule has 0 aliphatic rings. The summed E-state index contributed by atoms with van der Waals surface area (Å²) >= 11 is 0. The van der Waals surface area contributed by atoms with Crippen LogP contribution in [0.5, 0.6) is 0 Å². The van der Waals surface area contributed by atoms with Crippen molar-refractivity contribution >= 4 is 5.82 Å². The summed E-state index contributed by atoms with van der Waals surface area (Å²) in [7, 11) is 0. The minimum Gasteiger partial charge on any atom is -0.383 e. The molecule has 0 radical (unpaired) electrons. The third kappa shape index (κ3) is 2.80. The van der Waals surface area contributed by atoms with Crippen LogP contribution in [-0.4, -0.2) is 9.78 Å². The van der Waals surface area contributed by atoms with Crippen molar-refractivity contribution in [3.8, 4) is 5.69 Å². The maximum atomic E-state index is 6.26. The number of aromatic nitrogens is 2. The van der Waals surface area contributed by atoms with Crippen molar-refractivity contribution in [2.45, 2.75) is 40.0 Å². The number of nitrogens with zero attached hydrogens (tertiary/aromatic N) is 2. The zero-order valence-electron chi connectivity index (χ0n) is 12.1. The number of hydrogen-bond acceptors (Lipinski definition) is 2. The highest BCUT2D eigenvalue weighted by Crippen LogP contribution is 2.24. The summed E-state index contributed by atoms with van der Waals surface area (Å²) in [5, 5.41) is 4.73. The van der Waals surface area contributed by atoms with Crippen LogP contribution in [0, 0.1) is 5.92 Å². The highest BCUT2D eigenvalue weighted by atomic mass is 15.3. The SMILES string of the molecule is CCc1c(CC(C)CC)nn(-c2ccccc2)c1N. The molecule has 3 nitrogen and oxygen atoms in total. The van der Waals surface area contributed by atoms with Crippen molar-refractivity contribution in [2.24, 2.45) is 5.92 Å². The Hall–Kier alpha value is -1.77. The average molecular weight is 257 g/mol. The predicted molar refractivity (Wildman–Crippen MR) is 80.5 cm³/mol. The first-order valence-corrected chi connectivity index (χ1v) is 7.09. The van der Waals surface area contributed by atoms with Crippen molar-refractivity contribution in [1.82, 2.24) is 9.78 Å². The summed E-state index contributed by atoms with van der Waals surface area (Å²) < 4.78 is 1.87. The number of nitrogen functional groups attached to an aromatic ring is 1. The van der Waals surface area contributed by atoms with Gasteiger partial charge in [0.15, 0.2) is 0 Å². The lowest BCUT2D eigenvalue weighted by Crippen LogP contribution is -2.02. The van der Waals surface area contributed by atoms with Gasteiger partial charge in [0.2, 0.25) is 0 Å². The molecule has 0 aliphatic heterocycles. The molecule has 102 valence electrons. The maximum absolute atomic E-state index is 6.26. The first kappa shape index (κ1) is 13.7. The molecule has 3 heteroatoms. The van der Waals surface area contributed by atoms with Crippen molar-refractivity contribution < 1.29 is 0 Å². The van der Waals surface area contributed by atoms with E-state index in [2.05, 4.69) is 20.8 Å². The van der Waals surface area contributed by atoms with Crippen LogP contribution < -0.4 is 5.73 Å². The van der Waals surface area contributed by atoms with Gasteiger partial charge < -0.3 is 5.73 Å². The minimum absolute atomic E-state index is 0.642. The van der Waals surface area contributed by atoms with E-state index in [1.807, 2.05) is 35.0 Å². The zero-order chi connectivity index (χ0) is 13.8. The smallest absolute Gasteiger partial charge is 0.130 e. The Morgan fingerprint density at radius 1 is 1.21 bits per heavy atom. The number of rotatable bonds is 5. The summed E-state index contributed by atoms with van der Waals surface area (Å²) in [5.41, 5.74) is 9.65. The van der Waals surface area contributed by atoms with E-state index >= 15 is 0 Å². The highest BCUT2D eigenvalue weighted by Gasteiger charge is 2.16. The Bertz CT molecular complexity index is 528. The van der Waals surface area contributed by atoms with Crippen LogP contribution in [-0.2, 0) is 12.8 Å². The van der Waals surface area contributed by atoms with Gasteiger partial charge in [-0.25, -0.2) is 4.68 Å². The quantitative estimate of drug-likeness (QED) is 0.889. The van der Waals surface area contributed by atoms with Gasteiger partial charge in [0.1, 0.15) is 5.82 Å². The van der Waals surface area contributed by atoms with Crippen LogP contribution in [0.3, 0.4) is 0 Å². The zero-order valence-corrected chi connectivity index (χ0v) is 12.1. The molecule has 19 heavy (non-hydrogen) atoms. The van der Waals surface area contributed by atoms with E-state index in [1.54, 1.807) is 0 Å². The van der Waals surface area contributed by atoms with Crippen LogP contribution in [0.25, 0.3) is 5.69 Å². The Morgan fingerprint density at radius 2 is 1.89 bits per heavy atom. The molecule has 0 saturated heterocycles. The van der Waals surface area contributed by atoms with E-state index in [-0.39, 0.29) is 0 Å². The van der Waals surface area contributed by atoms with E-state index in [1.165, 1.54) is 12.0 Å². The third-order valence-corrected chi connectivity index (χ3v) is 3.70. The molecule has 0 fully saturated rings. The molecule has 0 saturated carbocycles. The van der Waals surface area contributed by atoms with Gasteiger partial charge in [-0.3, -0.25) is 0 Å². The summed E-state index contributed by atoms with van der Waals surface area (Å²) in [4.78, 5) is 0. The van der Waals surface area contributed by atoms with Gasteiger partial charge in [0.05, 0.1) is 11.4 Å². The van der Waals surface area contributed by atoms with E-state index in [4.69, 9.17) is 10.8 Å². The lowest BCUT2D eigenvalue weighted by atomic mass is 10.00. The first-order valence-electron chi connectivity index (χ1n) is 7.09. The van der Waals surface area contributed by atoms with Gasteiger partial charge in [-0.15, -0.1) is 0 Å². The Kier molecular flexibility index (Phi) is 4.25. The molecule has 2 N–H and O–H groups in total. The summed E-state index contributed by atoms with van der Waals surface area (Å²) in [6, 6.07) is 10.1. The van der Waals surface area contributed by atoms with Gasteiger partial charge in [0, 0.05) is 5.56 Å². The molecule has 2 aromatic rings. The van der Waals surface area contributed by atoms with Gasteiger partial charge in [-0.05, 0) is 30.9 Å². The molecule has 1 unspecified atom stereocenters. The Labute approximate surface area is 115 Å². The van der Waals surface area contributed by atoms with Crippen LogP contribution >= 0.6 is 0 Å². The lowest BCUT2D eigenvalue weighted by molar-refractivity contribution is 0.547. The largest absolute Gasteiger partial charge is 0.383 e. The number of benzene rings is 1. The standard InChI is InChI=1S/C16H23N3/c1-4-12(3)11-15-14(5-2)16(17)19(18-15)13-9-7-6-8-10-13/h6-10,12H,4-5,11,17H2,1-3H3. The van der Waals surface area contributed by atoms with Crippen molar-refractivity contribution in [3.05, 3.63) is 41.6 Å². The maximum Gasteiger partial charge on any atom is 0.130 e. The predicted octanol–water partition coefficient (Wildman–Crippen LogP) is 3.61. The second kappa shape index (κ2) is 5.91. The van der Waals surface area contributed by atoms with E-state index < -0.39 is 0 Å². The molecular weight excluding hydrogens is 234 g/mol. The molecule has 2 rings (SSSR count). The van der Waals surface area contributed by atoms with Gasteiger partial charge in [0.25, 0.3) is 0 Å². The van der Waals surface area contributed by atoms with Crippen molar-refractivity contribution in [2.75, 3.05) is 5.73 Å². The van der Waals surface area contributed by atoms with Gasteiger partial charge in [-0.2, -0.15) is 5.10 Å². The van der Waals surface area contributed by atoms with Crippen LogP contribution in [0.4, 0.5) is 5.82 Å². The fraction of sp³-hybridized carbons (Fsp3) is 0.438. The van der Waals surface area contributed by atoms with E-state index in [0.717, 1.165) is 30.0 Å². The monoisotopic (exact) mass is 257 g/mol. The third-order valence-electron chi connectivity index (χ3n) is 3.70. The molecule has 0 amide bonds. The Balaban J connectivity index is 2.41. The lowest BCUT2D eigenvalue weighted by Gasteiger charge is -2.06. The summed E-state index contributed by atoms with van der Waals surface area (Å²) in [5.74, 6) is 1.43. The highest BCUT2D eigenvalue weighted by molar-refractivity contribution is 5.50. The van der Waals surface area contributed by atoms with Crippen LogP contribution in [0.2, 0.25) is 0 Å². The molecular formula is C16H23N3. The van der Waals surface area contributed by atoms with Crippen LogP contribution in [0.15, 0.2) is 30.3 Å². The summed E-state index contributed by atoms with van der Waals surface area (Å²) in [6.07, 6.45) is 3.11. The normalized spacial score (nSPS) is 12.6. The molecule has 1 aromatic heterocycles. The molecule has 0 spiro atoms. The first-order chi connectivity index (χ1) is 9.17. The molecule has 1 atom stereocenters. The molecule has 0 aliphatic carbocycles. The topological polar surface area (TPSA) is 43.8 Å². The van der Waals surface area contributed by atoms with Crippen molar-refractivity contribution in [3.63, 3.8) is 0 Å². The average Bonchev–Trinajstić information content (AvgIpc) is 2.75. The number of nitrogens with two attached hydrogens (primary N) is 1. The van der Waals surface area contributed by atoms with Crippen molar-refractivity contribution in [1.29, 1.82) is 0 Å². The van der Waals surface area contributed by atoms with E-state index in [9.17, 15) is 0 Å². The van der Waals surface area contributed by atoms with Gasteiger partial charge >= 0.3 is 0 Å². The second-order valence-corrected chi connectivity index (χ2v) is 5.13.